The van der Waals surface area contributed by atoms with Gasteiger partial charge in [0, 0.05) is 62.5 Å². The van der Waals surface area contributed by atoms with E-state index in [1.807, 2.05) is 37.1 Å². The van der Waals surface area contributed by atoms with Gasteiger partial charge in [0.15, 0.2) is 5.82 Å². The second-order valence-corrected chi connectivity index (χ2v) is 8.42. The maximum absolute atomic E-state index is 13.0. The molecule has 1 amide bonds. The molecule has 2 atom stereocenters. The van der Waals surface area contributed by atoms with Gasteiger partial charge in [-0.2, -0.15) is 10.2 Å². The molecular weight excluding hydrogens is 396 g/mol. The summed E-state index contributed by atoms with van der Waals surface area (Å²) < 4.78 is 3.07. The predicted octanol–water partition coefficient (Wildman–Crippen LogP) is 1.01. The monoisotopic (exact) mass is 420 g/mol. The lowest BCUT2D eigenvalue weighted by atomic mass is 10.0. The third-order valence-electron chi connectivity index (χ3n) is 6.01. The first-order valence-corrected chi connectivity index (χ1v) is 10.5. The van der Waals surface area contributed by atoms with Crippen molar-refractivity contribution in [2.24, 2.45) is 11.8 Å². The minimum Gasteiger partial charge on any atom is -0.356 e. The SMILES string of the molecule is CC(C)n1nc(C(=O)N2CC3CN(c4cc(-n5cccn5)ncn4)CC3C2)ccc1=O. The first kappa shape index (κ1) is 19.4. The van der Waals surface area contributed by atoms with Crippen LogP contribution in [0.2, 0.25) is 0 Å². The van der Waals surface area contributed by atoms with Gasteiger partial charge in [-0.3, -0.25) is 9.59 Å². The van der Waals surface area contributed by atoms with Crippen LogP contribution >= 0.6 is 0 Å². The molecule has 0 aromatic carbocycles. The van der Waals surface area contributed by atoms with Crippen LogP contribution in [0.3, 0.4) is 0 Å². The Kier molecular flexibility index (Phi) is 4.76. The Hall–Kier alpha value is -3.56. The molecule has 0 radical (unpaired) electrons. The summed E-state index contributed by atoms with van der Waals surface area (Å²) in [6, 6.07) is 6.66. The van der Waals surface area contributed by atoms with Gasteiger partial charge in [-0.25, -0.2) is 19.3 Å². The molecule has 3 aromatic rings. The molecule has 2 aliphatic rings. The lowest BCUT2D eigenvalue weighted by Gasteiger charge is -2.22. The number of hydrogen-bond donors (Lipinski definition) is 0. The van der Waals surface area contributed by atoms with E-state index in [-0.39, 0.29) is 17.5 Å². The van der Waals surface area contributed by atoms with Crippen molar-refractivity contribution < 1.29 is 4.79 Å². The summed E-state index contributed by atoms with van der Waals surface area (Å²) in [4.78, 5) is 37.8. The summed E-state index contributed by atoms with van der Waals surface area (Å²) in [7, 11) is 0. The Labute approximate surface area is 179 Å². The molecule has 2 fully saturated rings. The summed E-state index contributed by atoms with van der Waals surface area (Å²) in [6.45, 7) is 6.79. The summed E-state index contributed by atoms with van der Waals surface area (Å²) in [5, 5.41) is 8.51. The fourth-order valence-corrected chi connectivity index (χ4v) is 4.46. The van der Waals surface area contributed by atoms with Crippen molar-refractivity contribution >= 4 is 11.7 Å². The van der Waals surface area contributed by atoms with Crippen LogP contribution in [-0.4, -0.2) is 66.5 Å². The van der Waals surface area contributed by atoms with E-state index in [9.17, 15) is 9.59 Å². The molecule has 0 bridgehead atoms. The number of aromatic nitrogens is 6. The van der Waals surface area contributed by atoms with Crippen molar-refractivity contribution in [2.75, 3.05) is 31.1 Å². The number of likely N-dealkylation sites (tertiary alicyclic amines) is 1. The lowest BCUT2D eigenvalue weighted by Crippen LogP contribution is -2.35. The highest BCUT2D eigenvalue weighted by Gasteiger charge is 2.42. The highest BCUT2D eigenvalue weighted by Crippen LogP contribution is 2.34. The topological polar surface area (TPSA) is 102 Å². The summed E-state index contributed by atoms with van der Waals surface area (Å²) in [5.41, 5.74) is 0.129. The van der Waals surface area contributed by atoms with E-state index >= 15 is 0 Å². The fraction of sp³-hybridized carbons (Fsp3) is 0.429. The van der Waals surface area contributed by atoms with E-state index in [0.717, 1.165) is 24.7 Å². The van der Waals surface area contributed by atoms with Gasteiger partial charge >= 0.3 is 0 Å². The molecule has 2 saturated heterocycles. The Morgan fingerprint density at radius 1 is 1.06 bits per heavy atom. The minimum absolute atomic E-state index is 0.0914. The number of amides is 1. The van der Waals surface area contributed by atoms with Crippen LogP contribution in [0.15, 0.2) is 47.8 Å². The fourth-order valence-electron chi connectivity index (χ4n) is 4.46. The van der Waals surface area contributed by atoms with E-state index in [4.69, 9.17) is 0 Å². The van der Waals surface area contributed by atoms with E-state index in [1.54, 1.807) is 17.2 Å². The van der Waals surface area contributed by atoms with Gasteiger partial charge in [0.05, 0.1) is 6.04 Å². The van der Waals surface area contributed by atoms with Crippen LogP contribution in [0, 0.1) is 11.8 Å². The van der Waals surface area contributed by atoms with Crippen LogP contribution in [0.5, 0.6) is 0 Å². The average Bonchev–Trinajstić information content (AvgIpc) is 3.50. The van der Waals surface area contributed by atoms with Crippen molar-refractivity contribution in [3.63, 3.8) is 0 Å². The molecule has 10 heteroatoms. The molecule has 0 aliphatic carbocycles. The normalized spacial score (nSPS) is 20.5. The lowest BCUT2D eigenvalue weighted by molar-refractivity contribution is 0.0773. The maximum atomic E-state index is 13.0. The maximum Gasteiger partial charge on any atom is 0.274 e. The zero-order chi connectivity index (χ0) is 21.5. The Morgan fingerprint density at radius 3 is 2.48 bits per heavy atom. The van der Waals surface area contributed by atoms with Crippen molar-refractivity contribution in [3.05, 3.63) is 59.0 Å². The largest absolute Gasteiger partial charge is 0.356 e. The summed E-state index contributed by atoms with van der Waals surface area (Å²) in [5.74, 6) is 2.25. The number of carbonyl (C=O) groups is 1. The van der Waals surface area contributed by atoms with E-state index < -0.39 is 0 Å². The van der Waals surface area contributed by atoms with E-state index in [2.05, 4.69) is 25.1 Å². The van der Waals surface area contributed by atoms with Gasteiger partial charge in [0.1, 0.15) is 17.8 Å². The van der Waals surface area contributed by atoms with Crippen LogP contribution in [0.25, 0.3) is 5.82 Å². The van der Waals surface area contributed by atoms with Crippen molar-refractivity contribution in [1.82, 2.24) is 34.4 Å². The van der Waals surface area contributed by atoms with Crippen molar-refractivity contribution in [2.45, 2.75) is 19.9 Å². The Morgan fingerprint density at radius 2 is 1.81 bits per heavy atom. The van der Waals surface area contributed by atoms with Gasteiger partial charge in [0.2, 0.25) is 0 Å². The molecule has 0 N–H and O–H groups in total. The van der Waals surface area contributed by atoms with Crippen molar-refractivity contribution in [3.8, 4) is 5.82 Å². The zero-order valence-corrected chi connectivity index (χ0v) is 17.5. The Balaban J connectivity index is 1.27. The van der Waals surface area contributed by atoms with Crippen LogP contribution in [-0.2, 0) is 0 Å². The molecule has 2 aliphatic heterocycles. The molecule has 5 heterocycles. The van der Waals surface area contributed by atoms with E-state index in [0.29, 0.717) is 30.6 Å². The Bertz CT molecular complexity index is 1140. The van der Waals surface area contributed by atoms with Gasteiger partial charge in [0.25, 0.3) is 11.5 Å². The number of carbonyl (C=O) groups excluding carboxylic acids is 1. The first-order chi connectivity index (χ1) is 15.0. The second-order valence-electron chi connectivity index (χ2n) is 8.42. The smallest absolute Gasteiger partial charge is 0.274 e. The molecule has 31 heavy (non-hydrogen) atoms. The minimum atomic E-state index is -0.195. The molecule has 3 aromatic heterocycles. The third kappa shape index (κ3) is 3.58. The van der Waals surface area contributed by atoms with Crippen LogP contribution < -0.4 is 10.5 Å². The number of rotatable bonds is 4. The first-order valence-electron chi connectivity index (χ1n) is 10.5. The average molecular weight is 420 g/mol. The molecule has 0 saturated carbocycles. The summed E-state index contributed by atoms with van der Waals surface area (Å²) >= 11 is 0. The number of nitrogens with zero attached hydrogens (tertiary/aromatic N) is 8. The van der Waals surface area contributed by atoms with Gasteiger partial charge in [-0.15, -0.1) is 0 Å². The molecule has 10 nitrogen and oxygen atoms in total. The second kappa shape index (κ2) is 7.60. The van der Waals surface area contributed by atoms with Crippen molar-refractivity contribution in [1.29, 1.82) is 0 Å². The van der Waals surface area contributed by atoms with Gasteiger partial charge < -0.3 is 9.80 Å². The quantitative estimate of drug-likeness (QED) is 0.621. The molecule has 0 spiro atoms. The third-order valence-corrected chi connectivity index (χ3v) is 6.01. The standard InChI is InChI=1S/C21H24N8O2/c1-14(2)29-20(30)5-4-17(25-29)21(31)27-11-15-9-26(10-16(15)12-27)18-8-19(23-13-22-18)28-7-3-6-24-28/h3-8,13-16H,9-12H2,1-2H3. The number of anilines is 1. The zero-order valence-electron chi connectivity index (χ0n) is 17.5. The van der Waals surface area contributed by atoms with E-state index in [1.165, 1.54) is 16.8 Å². The van der Waals surface area contributed by atoms with Gasteiger partial charge in [-0.1, -0.05) is 0 Å². The van der Waals surface area contributed by atoms with Gasteiger partial charge in [-0.05, 0) is 26.0 Å². The van der Waals surface area contributed by atoms with Crippen LogP contribution in [0.4, 0.5) is 5.82 Å². The molecule has 2 unspecified atom stereocenters. The molecule has 160 valence electrons. The summed E-state index contributed by atoms with van der Waals surface area (Å²) in [6.07, 6.45) is 5.13. The van der Waals surface area contributed by atoms with Crippen LogP contribution in [0.1, 0.15) is 30.4 Å². The number of fused-ring (bicyclic) bond motifs is 1. The highest BCUT2D eigenvalue weighted by molar-refractivity contribution is 5.92. The molecular formula is C21H24N8O2. The highest BCUT2D eigenvalue weighted by atomic mass is 16.2. The molecule has 5 rings (SSSR count). The predicted molar refractivity (Wildman–Crippen MR) is 113 cm³/mol. The number of hydrogen-bond acceptors (Lipinski definition) is 7.